The molecule has 2 N–H and O–H groups in total. The third kappa shape index (κ3) is 21300. The minimum atomic E-state index is -1.83. The third-order valence-electron chi connectivity index (χ3n) is 0.109. The van der Waals surface area contributed by atoms with E-state index < -0.39 is 12.8 Å². The predicted octanol–water partition coefficient (Wildman–Crippen LogP) is 1.36. The van der Waals surface area contributed by atoms with Crippen LogP contribution in [0.5, 0.6) is 0 Å². The number of allylic oxidation sites excluding steroid dienone is 1. The summed E-state index contributed by atoms with van der Waals surface area (Å²) in [6.07, 6.45) is -0.625. The number of rotatable bonds is 1. The number of carboxylic acid groups (broad SMARTS) is 2. The molecule has 0 heterocycles. The molecule has 0 aromatic carbocycles. The molecule has 48 valence electrons. The van der Waals surface area contributed by atoms with E-state index in [1.54, 1.807) is 0 Å². The topological polar surface area (TPSA) is 57.5 Å². The van der Waals surface area contributed by atoms with Crippen LogP contribution in [0.3, 0.4) is 0 Å². The van der Waals surface area contributed by atoms with Gasteiger partial charge < -0.3 is 10.2 Å². The normalized spacial score (nSPS) is 6.12. The molecule has 0 aliphatic carbocycles. The highest BCUT2D eigenvalue weighted by Gasteiger charge is 1.70. The lowest BCUT2D eigenvalue weighted by Crippen LogP contribution is -1.81. The van der Waals surface area contributed by atoms with Crippen molar-refractivity contribution in [2.45, 2.75) is 0 Å². The number of carbonyl (C=O) groups is 1. The fourth-order valence-corrected chi connectivity index (χ4v) is 0. The Morgan fingerprint density at radius 1 is 1.75 bits per heavy atom. The molecule has 0 aromatic rings. The van der Waals surface area contributed by atoms with Gasteiger partial charge in [0.2, 0.25) is 0 Å². The molecule has 0 radical (unpaired) electrons. The van der Waals surface area contributed by atoms with E-state index in [0.29, 0.717) is 0 Å². The van der Waals surface area contributed by atoms with E-state index in [-0.39, 0.29) is 0 Å². The molecule has 0 unspecified atom stereocenters. The molecule has 3 nitrogen and oxygen atoms in total. The van der Waals surface area contributed by atoms with E-state index in [0.717, 1.165) is 0 Å². The van der Waals surface area contributed by atoms with Crippen LogP contribution in [0.15, 0.2) is 12.7 Å². The van der Waals surface area contributed by atoms with Crippen molar-refractivity contribution in [1.82, 2.24) is 0 Å². The van der Waals surface area contributed by atoms with Gasteiger partial charge in [-0.1, -0.05) is 6.08 Å². The van der Waals surface area contributed by atoms with Crippen LogP contribution < -0.4 is 0 Å². The number of halogens is 1. The largest absolute Gasteiger partial charge is 0.503 e. The molecule has 8 heavy (non-hydrogen) atoms. The summed E-state index contributed by atoms with van der Waals surface area (Å²) in [6, 6.07) is 0. The van der Waals surface area contributed by atoms with Gasteiger partial charge in [-0.05, 0) is 0 Å². The average molecular weight is 122 g/mol. The van der Waals surface area contributed by atoms with Gasteiger partial charge in [0, 0.05) is 0 Å². The van der Waals surface area contributed by atoms with Crippen LogP contribution in [-0.2, 0) is 0 Å². The quantitative estimate of drug-likeness (QED) is 0.516. The summed E-state index contributed by atoms with van der Waals surface area (Å²) < 4.78 is 10.6. The Morgan fingerprint density at radius 3 is 1.88 bits per heavy atom. The van der Waals surface area contributed by atoms with Crippen molar-refractivity contribution >= 4 is 6.16 Å². The van der Waals surface area contributed by atoms with Gasteiger partial charge in [-0.2, -0.15) is 0 Å². The lowest BCUT2D eigenvalue weighted by Gasteiger charge is -1.60. The van der Waals surface area contributed by atoms with Gasteiger partial charge in [-0.15, -0.1) is 6.58 Å². The van der Waals surface area contributed by atoms with Crippen molar-refractivity contribution < 1.29 is 19.4 Å². The number of hydrogen-bond acceptors (Lipinski definition) is 1. The Kier molecular flexibility index (Phi) is 11.7. The fourth-order valence-electron chi connectivity index (χ4n) is 0. The van der Waals surface area contributed by atoms with Crippen LogP contribution in [0.4, 0.5) is 9.18 Å². The molecular weight excluding hydrogens is 115 g/mol. The summed E-state index contributed by atoms with van der Waals surface area (Å²) in [4.78, 5) is 8.56. The molecule has 0 aliphatic rings. The first-order valence-electron chi connectivity index (χ1n) is 1.74. The predicted molar refractivity (Wildman–Crippen MR) is 26.8 cm³/mol. The Morgan fingerprint density at radius 2 is 1.88 bits per heavy atom. The van der Waals surface area contributed by atoms with E-state index in [4.69, 9.17) is 15.0 Å². The fraction of sp³-hybridized carbons (Fsp3) is 0.250. The number of hydrogen-bond donors (Lipinski definition) is 2. The first kappa shape index (κ1) is 10.0. The molecule has 0 fully saturated rings. The van der Waals surface area contributed by atoms with Crippen molar-refractivity contribution in [3.63, 3.8) is 0 Å². The van der Waals surface area contributed by atoms with E-state index in [1.165, 1.54) is 6.08 Å². The highest BCUT2D eigenvalue weighted by molar-refractivity contribution is 5.53. The molecule has 0 amide bonds. The second-order valence-electron chi connectivity index (χ2n) is 0.726. The summed E-state index contributed by atoms with van der Waals surface area (Å²) >= 11 is 0. The molecule has 0 atom stereocenters. The van der Waals surface area contributed by atoms with Gasteiger partial charge in [-0.25, -0.2) is 9.18 Å². The Bertz CT molecular complexity index is 67.7. The first-order valence-corrected chi connectivity index (χ1v) is 1.74. The highest BCUT2D eigenvalue weighted by atomic mass is 19.1. The average Bonchev–Trinajstić information content (AvgIpc) is 1.65. The lowest BCUT2D eigenvalue weighted by molar-refractivity contribution is 0.137. The maximum atomic E-state index is 10.6. The maximum absolute atomic E-state index is 10.6. The van der Waals surface area contributed by atoms with Gasteiger partial charge in [0.25, 0.3) is 0 Å². The Hall–Kier alpha value is -1.06. The second-order valence-corrected chi connectivity index (χ2v) is 0.726. The minimum Gasteiger partial charge on any atom is -0.450 e. The minimum absolute atomic E-state index is 0.417. The highest BCUT2D eigenvalue weighted by Crippen LogP contribution is 1.58. The van der Waals surface area contributed by atoms with Gasteiger partial charge >= 0.3 is 6.16 Å². The summed E-state index contributed by atoms with van der Waals surface area (Å²) in [6.45, 7) is 2.69. The van der Waals surface area contributed by atoms with E-state index >= 15 is 0 Å². The van der Waals surface area contributed by atoms with Gasteiger partial charge in [-0.3, -0.25) is 0 Å². The Labute approximate surface area is 46.1 Å². The zero-order chi connectivity index (χ0) is 6.99. The molecule has 0 saturated carbocycles. The molecule has 0 aromatic heterocycles. The number of alkyl halides is 1. The zero-order valence-corrected chi connectivity index (χ0v) is 4.17. The summed E-state index contributed by atoms with van der Waals surface area (Å²) in [7, 11) is 0. The van der Waals surface area contributed by atoms with Crippen LogP contribution in [0, 0.1) is 0 Å². The zero-order valence-electron chi connectivity index (χ0n) is 4.17. The second kappa shape index (κ2) is 9.34. The van der Waals surface area contributed by atoms with Crippen molar-refractivity contribution in [3.05, 3.63) is 12.7 Å². The summed E-state index contributed by atoms with van der Waals surface area (Å²) in [5.41, 5.74) is 0. The SMILES string of the molecule is C=CCF.O=C(O)O. The van der Waals surface area contributed by atoms with E-state index in [2.05, 4.69) is 6.58 Å². The van der Waals surface area contributed by atoms with Crippen LogP contribution in [0.2, 0.25) is 0 Å². The van der Waals surface area contributed by atoms with E-state index in [9.17, 15) is 4.39 Å². The van der Waals surface area contributed by atoms with Crippen LogP contribution >= 0.6 is 0 Å². The summed E-state index contributed by atoms with van der Waals surface area (Å²) in [5.74, 6) is 0. The van der Waals surface area contributed by atoms with Crippen molar-refractivity contribution in [2.24, 2.45) is 0 Å². The van der Waals surface area contributed by atoms with Crippen LogP contribution in [-0.4, -0.2) is 23.0 Å². The molecular formula is C4H7FO3. The Balaban J connectivity index is 0. The van der Waals surface area contributed by atoms with Gasteiger partial charge in [0.1, 0.15) is 6.67 Å². The van der Waals surface area contributed by atoms with Crippen molar-refractivity contribution in [2.75, 3.05) is 6.67 Å². The molecule has 4 heteroatoms. The van der Waals surface area contributed by atoms with Gasteiger partial charge in [0.05, 0.1) is 0 Å². The monoisotopic (exact) mass is 122 g/mol. The van der Waals surface area contributed by atoms with Gasteiger partial charge in [0.15, 0.2) is 0 Å². The molecule has 0 saturated heterocycles. The molecule has 0 rings (SSSR count). The standard InChI is InChI=1S/C3H5F.CH2O3/c1-2-3-4;2-1(3)4/h2H,1,3H2;(H2,2,3,4). The molecule has 0 bridgehead atoms. The van der Waals surface area contributed by atoms with Crippen molar-refractivity contribution in [1.29, 1.82) is 0 Å². The van der Waals surface area contributed by atoms with Crippen molar-refractivity contribution in [3.8, 4) is 0 Å². The summed E-state index contributed by atoms with van der Waals surface area (Å²) in [5, 5.41) is 13.9. The smallest absolute Gasteiger partial charge is 0.450 e. The molecule has 0 spiro atoms. The van der Waals surface area contributed by atoms with E-state index in [1.807, 2.05) is 0 Å². The van der Waals surface area contributed by atoms with Crippen LogP contribution in [0.1, 0.15) is 0 Å². The molecule has 0 aliphatic heterocycles. The lowest BCUT2D eigenvalue weighted by atomic mass is 10.7. The first-order chi connectivity index (χ1) is 3.65. The third-order valence-corrected chi connectivity index (χ3v) is 0.109. The maximum Gasteiger partial charge on any atom is 0.503 e. The van der Waals surface area contributed by atoms with Crippen LogP contribution in [0.25, 0.3) is 0 Å².